The number of ketones is 1. The highest BCUT2D eigenvalue weighted by atomic mass is 32.1. The zero-order chi connectivity index (χ0) is 10.4. The van der Waals surface area contributed by atoms with Crippen molar-refractivity contribution in [2.24, 2.45) is 5.92 Å². The summed E-state index contributed by atoms with van der Waals surface area (Å²) in [5, 5.41) is 12.9. The third-order valence-corrected chi connectivity index (χ3v) is 3.15. The molecular formula is C11H16O2S. The zero-order valence-corrected chi connectivity index (χ0v) is 9.22. The molecule has 0 aliphatic carbocycles. The van der Waals surface area contributed by atoms with Crippen molar-refractivity contribution in [3.05, 3.63) is 22.4 Å². The van der Waals surface area contributed by atoms with Gasteiger partial charge in [0, 0.05) is 12.5 Å². The smallest absolute Gasteiger partial charge is 0.133 e. The monoisotopic (exact) mass is 212 g/mol. The highest BCUT2D eigenvalue weighted by Crippen LogP contribution is 2.15. The van der Waals surface area contributed by atoms with E-state index in [4.69, 9.17) is 5.11 Å². The van der Waals surface area contributed by atoms with Crippen LogP contribution in [0, 0.1) is 5.92 Å². The third-order valence-electron chi connectivity index (χ3n) is 2.41. The van der Waals surface area contributed by atoms with Crippen molar-refractivity contribution in [2.75, 3.05) is 6.61 Å². The van der Waals surface area contributed by atoms with Gasteiger partial charge in [-0.2, -0.15) is 11.3 Å². The van der Waals surface area contributed by atoms with Crippen LogP contribution in [0.4, 0.5) is 0 Å². The largest absolute Gasteiger partial charge is 0.396 e. The van der Waals surface area contributed by atoms with Crippen LogP contribution in [0.5, 0.6) is 0 Å². The molecule has 2 nitrogen and oxygen atoms in total. The van der Waals surface area contributed by atoms with Crippen molar-refractivity contribution in [3.8, 4) is 0 Å². The molecule has 1 aromatic heterocycles. The second kappa shape index (κ2) is 5.94. The van der Waals surface area contributed by atoms with Crippen LogP contribution in [0.25, 0.3) is 0 Å². The Kier molecular flexibility index (Phi) is 4.84. The van der Waals surface area contributed by atoms with Gasteiger partial charge in [-0.15, -0.1) is 0 Å². The normalized spacial score (nSPS) is 12.7. The maximum Gasteiger partial charge on any atom is 0.133 e. The van der Waals surface area contributed by atoms with Gasteiger partial charge < -0.3 is 5.11 Å². The number of carbonyl (C=O) groups is 1. The molecule has 0 aliphatic heterocycles. The number of thiophene rings is 1. The van der Waals surface area contributed by atoms with Crippen molar-refractivity contribution in [2.45, 2.75) is 26.2 Å². The summed E-state index contributed by atoms with van der Waals surface area (Å²) in [5.41, 5.74) is 1.29. The second-order valence-corrected chi connectivity index (χ2v) is 4.27. The molecular weight excluding hydrogens is 196 g/mol. The van der Waals surface area contributed by atoms with Gasteiger partial charge in [0.2, 0.25) is 0 Å². The summed E-state index contributed by atoms with van der Waals surface area (Å²) in [6, 6.07) is 2.08. The first-order valence-electron chi connectivity index (χ1n) is 4.86. The molecule has 3 heteroatoms. The Bertz CT molecular complexity index is 267. The molecule has 0 bridgehead atoms. The zero-order valence-electron chi connectivity index (χ0n) is 8.40. The number of aliphatic hydroxyl groups excluding tert-OH is 1. The molecule has 0 amide bonds. The Morgan fingerprint density at radius 2 is 2.36 bits per heavy atom. The van der Waals surface area contributed by atoms with Gasteiger partial charge in [-0.05, 0) is 48.6 Å². The van der Waals surface area contributed by atoms with Gasteiger partial charge in [-0.3, -0.25) is 4.79 Å². The second-order valence-electron chi connectivity index (χ2n) is 3.49. The lowest BCUT2D eigenvalue weighted by Crippen LogP contribution is -2.13. The van der Waals surface area contributed by atoms with E-state index in [0.717, 1.165) is 12.8 Å². The Hall–Kier alpha value is -0.670. The Labute approximate surface area is 88.6 Å². The lowest BCUT2D eigenvalue weighted by molar-refractivity contribution is -0.121. The highest BCUT2D eigenvalue weighted by Gasteiger charge is 2.13. The van der Waals surface area contributed by atoms with E-state index in [-0.39, 0.29) is 18.3 Å². The van der Waals surface area contributed by atoms with Gasteiger partial charge >= 0.3 is 0 Å². The maximum atomic E-state index is 11.2. The number of hydrogen-bond acceptors (Lipinski definition) is 3. The molecule has 0 saturated heterocycles. The van der Waals surface area contributed by atoms with E-state index in [2.05, 4.69) is 11.4 Å². The standard InChI is InChI=1S/C11H16O2S/c1-9(13)11(4-6-12)3-2-10-5-7-14-8-10/h5,7-8,11-12H,2-4,6H2,1H3. The predicted octanol–water partition coefficient (Wildman–Crippen LogP) is 2.27. The fraction of sp³-hybridized carbons (Fsp3) is 0.545. The molecule has 0 fully saturated rings. The summed E-state index contributed by atoms with van der Waals surface area (Å²) in [6.07, 6.45) is 2.39. The maximum absolute atomic E-state index is 11.2. The van der Waals surface area contributed by atoms with E-state index in [9.17, 15) is 4.79 Å². The van der Waals surface area contributed by atoms with E-state index in [1.165, 1.54) is 5.56 Å². The summed E-state index contributed by atoms with van der Waals surface area (Å²) in [7, 11) is 0. The van der Waals surface area contributed by atoms with Crippen molar-refractivity contribution >= 4 is 17.1 Å². The first-order chi connectivity index (χ1) is 6.74. The fourth-order valence-electron chi connectivity index (χ4n) is 1.48. The molecule has 0 aliphatic rings. The van der Waals surface area contributed by atoms with Crippen LogP contribution in [0.1, 0.15) is 25.3 Å². The molecule has 0 spiro atoms. The lowest BCUT2D eigenvalue weighted by Gasteiger charge is -2.10. The summed E-state index contributed by atoms with van der Waals surface area (Å²) >= 11 is 1.68. The number of carbonyl (C=O) groups excluding carboxylic acids is 1. The van der Waals surface area contributed by atoms with Crippen molar-refractivity contribution in [1.29, 1.82) is 0 Å². The van der Waals surface area contributed by atoms with Gasteiger partial charge in [0.15, 0.2) is 0 Å². The third kappa shape index (κ3) is 3.60. The molecule has 0 radical (unpaired) electrons. The molecule has 0 saturated carbocycles. The minimum Gasteiger partial charge on any atom is -0.396 e. The van der Waals surface area contributed by atoms with Gasteiger partial charge in [-0.25, -0.2) is 0 Å². The first kappa shape index (κ1) is 11.4. The predicted molar refractivity (Wildman–Crippen MR) is 58.5 cm³/mol. The van der Waals surface area contributed by atoms with Crippen LogP contribution in [-0.4, -0.2) is 17.5 Å². The number of aryl methyl sites for hydroxylation is 1. The average Bonchev–Trinajstić information content (AvgIpc) is 2.64. The Balaban J connectivity index is 2.37. The molecule has 1 N–H and O–H groups in total. The van der Waals surface area contributed by atoms with Crippen molar-refractivity contribution in [1.82, 2.24) is 0 Å². The molecule has 1 unspecified atom stereocenters. The van der Waals surface area contributed by atoms with Crippen LogP contribution in [0.2, 0.25) is 0 Å². The minimum absolute atomic E-state index is 0.0277. The van der Waals surface area contributed by atoms with E-state index < -0.39 is 0 Å². The summed E-state index contributed by atoms with van der Waals surface area (Å²) in [5.74, 6) is 0.217. The average molecular weight is 212 g/mol. The van der Waals surface area contributed by atoms with Gasteiger partial charge in [-0.1, -0.05) is 0 Å². The molecule has 78 valence electrons. The highest BCUT2D eigenvalue weighted by molar-refractivity contribution is 7.07. The fourth-order valence-corrected chi connectivity index (χ4v) is 2.19. The van der Waals surface area contributed by atoms with E-state index in [1.54, 1.807) is 18.3 Å². The van der Waals surface area contributed by atoms with E-state index in [1.807, 2.05) is 5.38 Å². The van der Waals surface area contributed by atoms with E-state index in [0.29, 0.717) is 6.42 Å². The summed E-state index contributed by atoms with van der Waals surface area (Å²) < 4.78 is 0. The number of aliphatic hydroxyl groups is 1. The Morgan fingerprint density at radius 3 is 2.86 bits per heavy atom. The minimum atomic E-state index is 0.0277. The van der Waals surface area contributed by atoms with Crippen molar-refractivity contribution in [3.63, 3.8) is 0 Å². The SMILES string of the molecule is CC(=O)C(CCO)CCc1ccsc1. The number of rotatable bonds is 6. The Morgan fingerprint density at radius 1 is 1.57 bits per heavy atom. The number of Topliss-reactive ketones (excluding diaryl/α,β-unsaturated/α-hetero) is 1. The van der Waals surface area contributed by atoms with E-state index >= 15 is 0 Å². The molecule has 1 rings (SSSR count). The molecule has 1 aromatic rings. The topological polar surface area (TPSA) is 37.3 Å². The molecule has 1 atom stereocenters. The van der Waals surface area contributed by atoms with Crippen LogP contribution >= 0.6 is 11.3 Å². The molecule has 14 heavy (non-hydrogen) atoms. The van der Waals surface area contributed by atoms with Crippen LogP contribution in [0.15, 0.2) is 16.8 Å². The summed E-state index contributed by atoms with van der Waals surface area (Å²) in [6.45, 7) is 1.71. The van der Waals surface area contributed by atoms with Crippen LogP contribution in [0.3, 0.4) is 0 Å². The lowest BCUT2D eigenvalue weighted by atomic mass is 9.94. The van der Waals surface area contributed by atoms with Gasteiger partial charge in [0.05, 0.1) is 0 Å². The molecule has 0 aromatic carbocycles. The van der Waals surface area contributed by atoms with Gasteiger partial charge in [0.25, 0.3) is 0 Å². The first-order valence-corrected chi connectivity index (χ1v) is 5.80. The van der Waals surface area contributed by atoms with Crippen LogP contribution < -0.4 is 0 Å². The van der Waals surface area contributed by atoms with Crippen LogP contribution in [-0.2, 0) is 11.2 Å². The van der Waals surface area contributed by atoms with Crippen molar-refractivity contribution < 1.29 is 9.90 Å². The molecule has 1 heterocycles. The summed E-state index contributed by atoms with van der Waals surface area (Å²) in [4.78, 5) is 11.2. The van der Waals surface area contributed by atoms with Gasteiger partial charge in [0.1, 0.15) is 5.78 Å². The number of hydrogen-bond donors (Lipinski definition) is 1. The quantitative estimate of drug-likeness (QED) is 0.785.